The van der Waals surface area contributed by atoms with Gasteiger partial charge in [0.15, 0.2) is 0 Å². The lowest BCUT2D eigenvalue weighted by Gasteiger charge is -2.35. The molecule has 19 heavy (non-hydrogen) atoms. The molecule has 1 fully saturated rings. The van der Waals surface area contributed by atoms with Crippen molar-refractivity contribution < 1.29 is 4.79 Å². The van der Waals surface area contributed by atoms with Crippen LogP contribution in [0, 0.1) is 0 Å². The Bertz CT molecular complexity index is 471. The number of hydrogen-bond acceptors (Lipinski definition) is 3. The van der Waals surface area contributed by atoms with Gasteiger partial charge in [-0.25, -0.2) is 0 Å². The van der Waals surface area contributed by atoms with Gasteiger partial charge in [-0.05, 0) is 61.1 Å². The minimum atomic E-state index is 0.0972. The number of carbonyl (C=O) groups excluding carboxylic acids is 1. The van der Waals surface area contributed by atoms with Gasteiger partial charge in [-0.2, -0.15) is 0 Å². The van der Waals surface area contributed by atoms with E-state index in [1.165, 1.54) is 0 Å². The zero-order valence-electron chi connectivity index (χ0n) is 11.3. The zero-order valence-corrected chi connectivity index (χ0v) is 13.7. The highest BCUT2D eigenvalue weighted by atomic mass is 79.9. The number of halogens is 1. The molecule has 0 spiro atoms. The minimum absolute atomic E-state index is 0.0972. The average Bonchev–Trinajstić information content (AvgIpc) is 2.41. The molecule has 1 aromatic rings. The summed E-state index contributed by atoms with van der Waals surface area (Å²) in [7, 11) is 4.20. The van der Waals surface area contributed by atoms with Crippen LogP contribution in [-0.4, -0.2) is 48.9 Å². The van der Waals surface area contributed by atoms with Crippen molar-refractivity contribution in [1.82, 2.24) is 9.80 Å². The molecule has 1 heterocycles. The highest BCUT2D eigenvalue weighted by molar-refractivity contribution is 9.10. The average molecular weight is 343 g/mol. The maximum absolute atomic E-state index is 12.5. The predicted octanol–water partition coefficient (Wildman–Crippen LogP) is 2.90. The molecule has 1 aliphatic heterocycles. The summed E-state index contributed by atoms with van der Waals surface area (Å²) in [6.07, 6.45) is 2.08. The molecule has 0 bridgehead atoms. The van der Waals surface area contributed by atoms with Crippen LogP contribution in [0.4, 0.5) is 0 Å². The summed E-state index contributed by atoms with van der Waals surface area (Å²) in [5, 5.41) is 0. The summed E-state index contributed by atoms with van der Waals surface area (Å²) in [6.45, 7) is 1.65. The molecule has 1 amide bonds. The minimum Gasteiger partial charge on any atom is -0.338 e. The molecule has 1 saturated heterocycles. The van der Waals surface area contributed by atoms with Gasteiger partial charge in [0.25, 0.3) is 5.91 Å². The molecule has 1 aliphatic rings. The van der Waals surface area contributed by atoms with Crippen molar-refractivity contribution in [3.63, 3.8) is 0 Å². The second-order valence-corrected chi connectivity index (χ2v) is 6.52. The van der Waals surface area contributed by atoms with Gasteiger partial charge in [-0.3, -0.25) is 4.79 Å². The van der Waals surface area contributed by atoms with Crippen molar-refractivity contribution in [3.8, 4) is 0 Å². The molecule has 0 aromatic heterocycles. The molecule has 0 radical (unpaired) electrons. The molecular formula is C14H19BrN2OS. The number of piperidine rings is 1. The number of nitrogens with zero attached hydrogens (tertiary/aromatic N) is 2. The fourth-order valence-electron chi connectivity index (χ4n) is 2.43. The van der Waals surface area contributed by atoms with Gasteiger partial charge in [0.05, 0.1) is 5.56 Å². The molecule has 0 aliphatic carbocycles. The molecule has 5 heteroatoms. The van der Waals surface area contributed by atoms with Crippen LogP contribution >= 0.6 is 28.6 Å². The standard InChI is InChI=1S/C14H19BrN2OS/c1-16(2)10-5-7-17(8-6-10)14(18)12-9-11(19)3-4-13(12)15/h3-4,9-10,19H,5-8H2,1-2H3. The fraction of sp³-hybridized carbons (Fsp3) is 0.500. The Morgan fingerprint density at radius 2 is 2.00 bits per heavy atom. The van der Waals surface area contributed by atoms with E-state index in [4.69, 9.17) is 0 Å². The van der Waals surface area contributed by atoms with E-state index in [-0.39, 0.29) is 5.91 Å². The number of amides is 1. The Morgan fingerprint density at radius 3 is 2.58 bits per heavy atom. The Hall–Kier alpha value is -0.520. The summed E-state index contributed by atoms with van der Waals surface area (Å²) in [5.41, 5.74) is 0.704. The van der Waals surface area contributed by atoms with Crippen LogP contribution in [0.15, 0.2) is 27.6 Å². The summed E-state index contributed by atoms with van der Waals surface area (Å²) in [4.78, 5) is 17.5. The summed E-state index contributed by atoms with van der Waals surface area (Å²) < 4.78 is 0.838. The lowest BCUT2D eigenvalue weighted by Crippen LogP contribution is -2.44. The third kappa shape index (κ3) is 3.52. The third-order valence-corrected chi connectivity index (χ3v) is 4.63. The maximum atomic E-state index is 12.5. The van der Waals surface area contributed by atoms with Gasteiger partial charge < -0.3 is 9.80 Å². The molecule has 1 aromatic carbocycles. The van der Waals surface area contributed by atoms with Crippen LogP contribution in [0.1, 0.15) is 23.2 Å². The van der Waals surface area contributed by atoms with Crippen LogP contribution in [-0.2, 0) is 0 Å². The number of hydrogen-bond donors (Lipinski definition) is 1. The van der Waals surface area contributed by atoms with Crippen LogP contribution < -0.4 is 0 Å². The monoisotopic (exact) mass is 342 g/mol. The van der Waals surface area contributed by atoms with Gasteiger partial charge in [-0.1, -0.05) is 0 Å². The van der Waals surface area contributed by atoms with E-state index in [1.54, 1.807) is 0 Å². The van der Waals surface area contributed by atoms with E-state index in [2.05, 4.69) is 47.6 Å². The van der Waals surface area contributed by atoms with Crippen LogP contribution in [0.3, 0.4) is 0 Å². The van der Waals surface area contributed by atoms with Crippen LogP contribution in [0.5, 0.6) is 0 Å². The predicted molar refractivity (Wildman–Crippen MR) is 84.0 cm³/mol. The van der Waals surface area contributed by atoms with Gasteiger partial charge in [0.2, 0.25) is 0 Å². The molecular weight excluding hydrogens is 324 g/mol. The number of benzene rings is 1. The second-order valence-electron chi connectivity index (χ2n) is 5.15. The van der Waals surface area contributed by atoms with E-state index < -0.39 is 0 Å². The fourth-order valence-corrected chi connectivity index (χ4v) is 3.05. The highest BCUT2D eigenvalue weighted by Gasteiger charge is 2.25. The summed E-state index contributed by atoms with van der Waals surface area (Å²) in [6, 6.07) is 6.17. The van der Waals surface area contributed by atoms with Gasteiger partial charge in [0.1, 0.15) is 0 Å². The first-order valence-corrected chi connectivity index (χ1v) is 7.67. The van der Waals surface area contributed by atoms with Crippen LogP contribution in [0.2, 0.25) is 0 Å². The number of likely N-dealkylation sites (tertiary alicyclic amines) is 1. The first kappa shape index (κ1) is 14.9. The Kier molecular flexibility index (Phi) is 4.92. The first-order chi connectivity index (χ1) is 8.99. The Labute approximate surface area is 128 Å². The SMILES string of the molecule is CN(C)C1CCN(C(=O)c2cc(S)ccc2Br)CC1. The molecule has 0 saturated carbocycles. The lowest BCUT2D eigenvalue weighted by atomic mass is 10.0. The van der Waals surface area contributed by atoms with Crippen LogP contribution in [0.25, 0.3) is 0 Å². The maximum Gasteiger partial charge on any atom is 0.255 e. The number of thiol groups is 1. The quantitative estimate of drug-likeness (QED) is 0.835. The van der Waals surface area contributed by atoms with E-state index in [0.717, 1.165) is 35.3 Å². The van der Waals surface area contributed by atoms with Crippen molar-refractivity contribution in [1.29, 1.82) is 0 Å². The highest BCUT2D eigenvalue weighted by Crippen LogP contribution is 2.24. The number of carbonyl (C=O) groups is 1. The first-order valence-electron chi connectivity index (χ1n) is 6.43. The molecule has 0 N–H and O–H groups in total. The Morgan fingerprint density at radius 1 is 1.37 bits per heavy atom. The van der Waals surface area contributed by atoms with E-state index in [1.807, 2.05) is 23.1 Å². The summed E-state index contributed by atoms with van der Waals surface area (Å²) >= 11 is 7.75. The largest absolute Gasteiger partial charge is 0.338 e. The number of rotatable bonds is 2. The van der Waals surface area contributed by atoms with Crippen molar-refractivity contribution >= 4 is 34.5 Å². The van der Waals surface area contributed by atoms with Crippen molar-refractivity contribution in [2.24, 2.45) is 0 Å². The zero-order chi connectivity index (χ0) is 14.0. The lowest BCUT2D eigenvalue weighted by molar-refractivity contribution is 0.0662. The Balaban J connectivity index is 2.07. The third-order valence-electron chi connectivity index (χ3n) is 3.66. The van der Waals surface area contributed by atoms with Gasteiger partial charge in [0, 0.05) is 28.5 Å². The van der Waals surface area contributed by atoms with Crippen molar-refractivity contribution in [2.75, 3.05) is 27.2 Å². The van der Waals surface area contributed by atoms with E-state index >= 15 is 0 Å². The van der Waals surface area contributed by atoms with Crippen molar-refractivity contribution in [3.05, 3.63) is 28.2 Å². The molecule has 3 nitrogen and oxygen atoms in total. The van der Waals surface area contributed by atoms with E-state index in [9.17, 15) is 4.79 Å². The van der Waals surface area contributed by atoms with E-state index in [0.29, 0.717) is 11.6 Å². The topological polar surface area (TPSA) is 23.6 Å². The molecule has 0 atom stereocenters. The molecule has 0 unspecified atom stereocenters. The molecule has 104 valence electrons. The normalized spacial score (nSPS) is 17.0. The summed E-state index contributed by atoms with van der Waals surface area (Å²) in [5.74, 6) is 0.0972. The second kappa shape index (κ2) is 6.29. The van der Waals surface area contributed by atoms with Crippen molar-refractivity contribution in [2.45, 2.75) is 23.8 Å². The van der Waals surface area contributed by atoms with Gasteiger partial charge >= 0.3 is 0 Å². The molecule has 2 rings (SSSR count). The smallest absolute Gasteiger partial charge is 0.255 e. The van der Waals surface area contributed by atoms with Gasteiger partial charge in [-0.15, -0.1) is 12.6 Å².